The van der Waals surface area contributed by atoms with E-state index in [2.05, 4.69) is 0 Å². The molecule has 0 unspecified atom stereocenters. The van der Waals surface area contributed by atoms with Gasteiger partial charge in [-0.05, 0) is 0 Å². The normalized spacial score (nSPS) is 145. The minimum atomic E-state index is -2.55. The number of hydrogen-bond acceptors (Lipinski definition) is 0. The third kappa shape index (κ3) is 0.0499. The van der Waals surface area contributed by atoms with Gasteiger partial charge in [-0.15, -0.1) is 48.0 Å². The van der Waals surface area contributed by atoms with Crippen molar-refractivity contribution < 1.29 is 7.25 Å². The van der Waals surface area contributed by atoms with E-state index >= 15 is 0 Å². The summed E-state index contributed by atoms with van der Waals surface area (Å²) in [6, 6.07) is 0. The second-order valence-corrected chi connectivity index (χ2v) is 41.9. The van der Waals surface area contributed by atoms with Gasteiger partial charge in [-0.2, -0.15) is 0 Å². The monoisotopic (exact) mass is 437 g/mol. The van der Waals surface area contributed by atoms with Crippen molar-refractivity contribution in [3.8, 4) is 0 Å². The van der Waals surface area contributed by atoms with Gasteiger partial charge >= 0.3 is 53.5 Å². The molecule has 10 fully saturated rings. The van der Waals surface area contributed by atoms with Gasteiger partial charge in [-0.3, -0.25) is 0 Å². The molecule has 0 aromatic carbocycles. The second kappa shape index (κ2) is 0.403. The van der Waals surface area contributed by atoms with Crippen LogP contribution >= 0.6 is 48.0 Å². The van der Waals surface area contributed by atoms with E-state index in [0.29, 0.717) is 0 Å². The molecule has 0 aromatic heterocycles. The Morgan fingerprint density at radius 3 is 0.538 bits per heavy atom. The predicted octanol–water partition coefficient (Wildman–Crippen LogP) is 4.61. The van der Waals surface area contributed by atoms with Crippen LogP contribution in [0.4, 0.5) is 0 Å². The van der Waals surface area contributed by atoms with E-state index in [4.69, 9.17) is 0 Å². The van der Waals surface area contributed by atoms with Gasteiger partial charge < -0.3 is 0 Å². The molecule has 0 saturated carbocycles. The van der Waals surface area contributed by atoms with Crippen molar-refractivity contribution in [3.63, 3.8) is 0 Å². The van der Waals surface area contributed by atoms with Crippen LogP contribution in [0.2, 0.25) is 46.3 Å². The van der Waals surface area contributed by atoms with Crippen LogP contribution in [0.1, 0.15) is 0 Å². The van der Waals surface area contributed by atoms with Gasteiger partial charge in [-0.1, -0.05) is 0 Å². The van der Waals surface area contributed by atoms with Gasteiger partial charge in [0.2, 0.25) is 0 Å². The number of fused-ring (bicyclic) bond motifs is 10. The Balaban J connectivity index is 0.000000222. The van der Waals surface area contributed by atoms with Crippen molar-refractivity contribution in [2.45, 2.75) is 46.3 Å². The first kappa shape index (κ1) is 6.11. The SMILES string of the molecule is I.I.[CH]12[CH]3[CH]4[CH]5[CH]1[V]23451678[CH]2[CH]1[CH]6[CH]7[CH]28. The summed E-state index contributed by atoms with van der Waals surface area (Å²) in [6.07, 6.45) is 0. The van der Waals surface area contributed by atoms with Gasteiger partial charge in [-0.25, -0.2) is 0 Å². The van der Waals surface area contributed by atoms with E-state index in [1.54, 1.807) is 46.3 Å². The number of halogens is 2. The summed E-state index contributed by atoms with van der Waals surface area (Å²) in [5.41, 5.74) is 0. The maximum absolute atomic E-state index is 2.55. The zero-order valence-electron chi connectivity index (χ0n) is 7.04. The average Bonchev–Trinajstić information content (AvgIpc) is 3.01. The molecule has 10 rings (SSSR count). The van der Waals surface area contributed by atoms with Crippen LogP contribution in [0, 0.1) is 0 Å². The molecule has 3 heteroatoms. The van der Waals surface area contributed by atoms with E-state index in [9.17, 15) is 0 Å². The molecule has 0 N–H and O–H groups in total. The predicted molar refractivity (Wildman–Crippen MR) is 68.3 cm³/mol. The summed E-state index contributed by atoms with van der Waals surface area (Å²) in [7, 11) is -2.55. The summed E-state index contributed by atoms with van der Waals surface area (Å²) in [4.78, 5) is 0. The van der Waals surface area contributed by atoms with E-state index in [1.807, 2.05) is 0 Å². The van der Waals surface area contributed by atoms with Crippen LogP contribution in [0.3, 0.4) is 0 Å². The Hall–Kier alpha value is 2.04. The first-order valence-electron chi connectivity index (χ1n) is 5.92. The molecule has 0 bridgehead atoms. The Kier molecular flexibility index (Phi) is 0.189. The van der Waals surface area contributed by atoms with Crippen molar-refractivity contribution in [3.05, 3.63) is 0 Å². The van der Waals surface area contributed by atoms with Crippen molar-refractivity contribution >= 4 is 48.0 Å². The van der Waals surface area contributed by atoms with Crippen molar-refractivity contribution in [1.29, 1.82) is 0 Å². The van der Waals surface area contributed by atoms with Gasteiger partial charge in [0, 0.05) is 0 Å². The Morgan fingerprint density at radius 1 is 0.385 bits per heavy atom. The van der Waals surface area contributed by atoms with Crippen LogP contribution in [0.15, 0.2) is 0 Å². The molecule has 10 saturated heterocycles. The molecule has 10 aliphatic rings. The molecule has 1 spiro atoms. The summed E-state index contributed by atoms with van der Waals surface area (Å²) in [5, 5.41) is 0. The van der Waals surface area contributed by atoms with Crippen molar-refractivity contribution in [2.75, 3.05) is 0 Å². The van der Waals surface area contributed by atoms with Crippen molar-refractivity contribution in [1.82, 2.24) is 0 Å². The number of rotatable bonds is 0. The van der Waals surface area contributed by atoms with E-state index in [0.717, 1.165) is 0 Å². The maximum atomic E-state index is 1.61. The molecule has 10 heterocycles. The van der Waals surface area contributed by atoms with Crippen LogP contribution in [-0.4, -0.2) is 0 Å². The summed E-state index contributed by atoms with van der Waals surface area (Å²) < 4.78 is 16.1. The third-order valence-electron chi connectivity index (χ3n) is 18.1. The van der Waals surface area contributed by atoms with Crippen molar-refractivity contribution in [2.24, 2.45) is 0 Å². The van der Waals surface area contributed by atoms with Crippen LogP contribution in [0.5, 0.6) is 0 Å². The van der Waals surface area contributed by atoms with Gasteiger partial charge in [0.25, 0.3) is 0 Å². The van der Waals surface area contributed by atoms with E-state index in [1.165, 1.54) is 0 Å². The molecule has 0 nitrogen and oxygen atoms in total. The fourth-order valence-electron chi connectivity index (χ4n) is 20.5. The minimum absolute atomic E-state index is 0. The van der Waals surface area contributed by atoms with E-state index < -0.39 is 7.25 Å². The first-order valence-corrected chi connectivity index (χ1v) is 14.0. The molecule has 13 heavy (non-hydrogen) atoms. The number of hydrogen-bond donors (Lipinski definition) is 0. The Bertz CT molecular complexity index is 580. The topological polar surface area (TPSA) is 0 Å². The second-order valence-electron chi connectivity index (χ2n) is 11.6. The van der Waals surface area contributed by atoms with Gasteiger partial charge in [0.05, 0.1) is 0 Å². The van der Waals surface area contributed by atoms with Gasteiger partial charge in [0.1, 0.15) is 0 Å². The standard InChI is InChI=1S/2C5H5.2HI.V/c2*1-2-4-5-3-1;;;/h2*1-5H;2*1H;. The first-order chi connectivity index (χ1) is 5.16. The fourth-order valence-corrected chi connectivity index (χ4v) is 122. The van der Waals surface area contributed by atoms with Crippen LogP contribution in [0.25, 0.3) is 0 Å². The summed E-state index contributed by atoms with van der Waals surface area (Å²) >= 11 is 0. The zero-order valence-corrected chi connectivity index (χ0v) is 13.1. The molecular formula is C10H12I2V. The molecule has 0 aromatic rings. The quantitative estimate of drug-likeness (QED) is 0.486. The van der Waals surface area contributed by atoms with Gasteiger partial charge in [0.15, 0.2) is 0 Å². The van der Waals surface area contributed by atoms with E-state index in [-0.39, 0.29) is 48.0 Å². The molecule has 0 aliphatic carbocycles. The molecule has 71 valence electrons. The summed E-state index contributed by atoms with van der Waals surface area (Å²) in [5.74, 6) is 0. The Labute approximate surface area is 100 Å². The van der Waals surface area contributed by atoms with Crippen LogP contribution < -0.4 is 0 Å². The molecule has 0 atom stereocenters. The third-order valence-corrected chi connectivity index (χ3v) is 71.1. The summed E-state index contributed by atoms with van der Waals surface area (Å²) in [6.45, 7) is 0. The molecule has 10 aliphatic heterocycles. The molecular weight excluding hydrogens is 425 g/mol. The average molecular weight is 437 g/mol. The fraction of sp³-hybridized carbons (Fsp3) is 1.00. The molecule has 0 amide bonds. The molecule has 0 radical (unpaired) electrons. The zero-order chi connectivity index (χ0) is 6.09. The van der Waals surface area contributed by atoms with Crippen LogP contribution in [-0.2, 0) is 7.25 Å². The Morgan fingerprint density at radius 2 is 0.538 bits per heavy atom.